The number of fused-ring (bicyclic) bond motifs is 4. The molecule has 1 spiro atoms. The lowest BCUT2D eigenvalue weighted by atomic mass is 9.70. The Hall–Kier alpha value is -2.34. The van der Waals surface area contributed by atoms with Gasteiger partial charge in [-0.25, -0.2) is 4.98 Å². The molecule has 5 fully saturated rings. The number of nitrogens with one attached hydrogen (secondary N) is 1. The molecule has 0 radical (unpaired) electrons. The van der Waals surface area contributed by atoms with Gasteiger partial charge in [-0.1, -0.05) is 12.2 Å². The van der Waals surface area contributed by atoms with E-state index in [2.05, 4.69) is 16.9 Å². The highest BCUT2D eigenvalue weighted by Gasteiger charge is 2.56. The molecule has 1 N–H and O–H groups in total. The molecule has 1 amide bonds. The van der Waals surface area contributed by atoms with Crippen molar-refractivity contribution < 1.29 is 31.1 Å². The third-order valence-electron chi connectivity index (χ3n) is 7.94. The van der Waals surface area contributed by atoms with Crippen molar-refractivity contribution in [2.24, 2.45) is 11.3 Å². The first kappa shape index (κ1) is 24.0. The maximum atomic E-state index is 13.8. The summed E-state index contributed by atoms with van der Waals surface area (Å²) in [4.78, 5) is 20.4. The summed E-state index contributed by atoms with van der Waals surface area (Å²) in [6.07, 6.45) is -6.79. The van der Waals surface area contributed by atoms with Gasteiger partial charge in [0, 0.05) is 60.0 Å². The van der Waals surface area contributed by atoms with Gasteiger partial charge in [0.05, 0.1) is 23.7 Å². The molecule has 6 heterocycles. The Kier molecular flexibility index (Phi) is 5.23. The van der Waals surface area contributed by atoms with Crippen molar-refractivity contribution in [3.05, 3.63) is 34.9 Å². The van der Waals surface area contributed by atoms with Gasteiger partial charge in [-0.3, -0.25) is 4.79 Å². The van der Waals surface area contributed by atoms with Crippen molar-refractivity contribution in [3.63, 3.8) is 0 Å². The number of halogens is 6. The van der Waals surface area contributed by atoms with Gasteiger partial charge in [-0.15, -0.1) is 11.3 Å². The molecular formula is C24H24F6N4OS. The molecule has 194 valence electrons. The van der Waals surface area contributed by atoms with Crippen LogP contribution in [0.15, 0.2) is 24.4 Å². The van der Waals surface area contributed by atoms with Gasteiger partial charge in [0.15, 0.2) is 0 Å². The summed E-state index contributed by atoms with van der Waals surface area (Å²) < 4.78 is 80.2. The zero-order chi connectivity index (χ0) is 25.6. The Morgan fingerprint density at radius 2 is 1.89 bits per heavy atom. The number of amides is 1. The normalized spacial score (nSPS) is 27.5. The first-order valence-electron chi connectivity index (χ1n) is 11.8. The summed E-state index contributed by atoms with van der Waals surface area (Å²) in [7, 11) is 0. The van der Waals surface area contributed by atoms with Crippen molar-refractivity contribution in [1.82, 2.24) is 15.2 Å². The Balaban J connectivity index is 1.19. The fourth-order valence-electron chi connectivity index (χ4n) is 6.41. The van der Waals surface area contributed by atoms with E-state index in [9.17, 15) is 31.1 Å². The van der Waals surface area contributed by atoms with Crippen molar-refractivity contribution >= 4 is 33.1 Å². The fourth-order valence-corrected chi connectivity index (χ4v) is 7.44. The Labute approximate surface area is 207 Å². The number of carbonyl (C=O) groups is 1. The van der Waals surface area contributed by atoms with Crippen LogP contribution < -0.4 is 10.2 Å². The number of likely N-dealkylation sites (tertiary alicyclic amines) is 1. The van der Waals surface area contributed by atoms with Gasteiger partial charge >= 0.3 is 12.4 Å². The lowest BCUT2D eigenvalue weighted by molar-refractivity contribution is -0.150. The van der Waals surface area contributed by atoms with E-state index in [1.165, 1.54) is 6.07 Å². The molecule has 0 aromatic carbocycles. The molecule has 4 aliphatic heterocycles. The van der Waals surface area contributed by atoms with Gasteiger partial charge in [0.2, 0.25) is 5.91 Å². The summed E-state index contributed by atoms with van der Waals surface area (Å²) in [5, 5.41) is 3.51. The van der Waals surface area contributed by atoms with E-state index in [4.69, 9.17) is 0 Å². The smallest absolute Gasteiger partial charge is 0.369 e. The number of piperidine rings is 2. The standard InChI is InChI=1S/C24H24F6N4OS/c1-12-4-13-2-3-15(12)18(32-13)21(35)34-10-22(11-34)8-33(9-22)19-16-5-14(6-23(25,26)27)36-20(16)31-7-17(19)24(28,29)30/h5,7,13,15,18,32H,1-4,6,8-11H2/t13-,15+,18-/m0/s1. The number of pyridine rings is 1. The van der Waals surface area contributed by atoms with Crippen molar-refractivity contribution in [2.45, 2.75) is 50.1 Å². The van der Waals surface area contributed by atoms with Crippen LogP contribution >= 0.6 is 11.3 Å². The van der Waals surface area contributed by atoms with Crippen LogP contribution in [0.2, 0.25) is 0 Å². The molecule has 4 saturated heterocycles. The minimum absolute atomic E-state index is 0.0199. The highest BCUT2D eigenvalue weighted by atomic mass is 32.1. The van der Waals surface area contributed by atoms with E-state index in [1.807, 2.05) is 0 Å². The summed E-state index contributed by atoms with van der Waals surface area (Å²) in [5.74, 6) is 0.146. The summed E-state index contributed by atoms with van der Waals surface area (Å²) in [6.45, 7) is 5.66. The molecule has 1 saturated carbocycles. The van der Waals surface area contributed by atoms with Gasteiger partial charge < -0.3 is 15.1 Å². The molecule has 3 atom stereocenters. The van der Waals surface area contributed by atoms with Crippen molar-refractivity contribution in [1.29, 1.82) is 0 Å². The number of alkyl halides is 6. The lowest BCUT2D eigenvalue weighted by Gasteiger charge is -2.62. The van der Waals surface area contributed by atoms with E-state index in [-0.39, 0.29) is 50.1 Å². The first-order valence-corrected chi connectivity index (χ1v) is 12.7. The summed E-state index contributed by atoms with van der Waals surface area (Å²) in [5.41, 5.74) is -0.260. The molecule has 0 unspecified atom stereocenters. The van der Waals surface area contributed by atoms with Crippen molar-refractivity contribution in [2.75, 3.05) is 31.1 Å². The van der Waals surface area contributed by atoms with Gasteiger partial charge in [0.1, 0.15) is 4.83 Å². The van der Waals surface area contributed by atoms with E-state index in [0.717, 1.165) is 36.2 Å². The zero-order valence-electron chi connectivity index (χ0n) is 19.2. The Bertz CT molecular complexity index is 1240. The zero-order valence-corrected chi connectivity index (χ0v) is 20.0. The molecule has 5 aliphatic rings. The number of anilines is 1. The van der Waals surface area contributed by atoms with Crippen LogP contribution in [-0.4, -0.2) is 60.2 Å². The van der Waals surface area contributed by atoms with Gasteiger partial charge in [-0.05, 0) is 25.3 Å². The molecule has 2 aromatic heterocycles. The highest BCUT2D eigenvalue weighted by molar-refractivity contribution is 7.18. The van der Waals surface area contributed by atoms with Gasteiger partial charge in [0.25, 0.3) is 0 Å². The average Bonchev–Trinajstić information content (AvgIpc) is 3.11. The van der Waals surface area contributed by atoms with Gasteiger partial charge in [-0.2, -0.15) is 26.3 Å². The van der Waals surface area contributed by atoms with Crippen LogP contribution in [0.4, 0.5) is 32.0 Å². The number of aromatic nitrogens is 1. The fraction of sp³-hybridized carbons (Fsp3) is 0.583. The lowest BCUT2D eigenvalue weighted by Crippen LogP contribution is -2.75. The largest absolute Gasteiger partial charge is 0.419 e. The van der Waals surface area contributed by atoms with Crippen LogP contribution in [0.25, 0.3) is 10.2 Å². The minimum Gasteiger partial charge on any atom is -0.369 e. The van der Waals surface area contributed by atoms with E-state index in [1.54, 1.807) is 9.80 Å². The predicted molar refractivity (Wildman–Crippen MR) is 123 cm³/mol. The second-order valence-corrected chi connectivity index (χ2v) is 11.8. The molecule has 5 nitrogen and oxygen atoms in total. The van der Waals surface area contributed by atoms with Crippen LogP contribution in [0, 0.1) is 11.3 Å². The number of thiophene rings is 1. The van der Waals surface area contributed by atoms with Crippen LogP contribution in [0.3, 0.4) is 0 Å². The number of carbonyl (C=O) groups excluding carboxylic acids is 1. The number of nitrogens with zero attached hydrogens (tertiary/aromatic N) is 3. The average molecular weight is 531 g/mol. The van der Waals surface area contributed by atoms with Crippen LogP contribution in [0.1, 0.15) is 29.7 Å². The molecule has 2 bridgehead atoms. The summed E-state index contributed by atoms with van der Waals surface area (Å²) in [6, 6.07) is 1.17. The maximum absolute atomic E-state index is 13.8. The topological polar surface area (TPSA) is 48.5 Å². The molecule has 1 aliphatic carbocycles. The Morgan fingerprint density at radius 1 is 1.17 bits per heavy atom. The summed E-state index contributed by atoms with van der Waals surface area (Å²) >= 11 is 0.763. The third kappa shape index (κ3) is 3.96. The third-order valence-corrected chi connectivity index (χ3v) is 8.98. The van der Waals surface area contributed by atoms with E-state index >= 15 is 0 Å². The molecule has 7 rings (SSSR count). The first-order chi connectivity index (χ1) is 16.8. The van der Waals surface area contributed by atoms with Crippen LogP contribution in [0.5, 0.6) is 0 Å². The molecular weight excluding hydrogens is 506 g/mol. The molecule has 12 heteroatoms. The van der Waals surface area contributed by atoms with Crippen LogP contribution in [-0.2, 0) is 17.4 Å². The van der Waals surface area contributed by atoms with E-state index < -0.39 is 24.3 Å². The quantitative estimate of drug-likeness (QED) is 0.459. The predicted octanol–water partition coefficient (Wildman–Crippen LogP) is 4.77. The monoisotopic (exact) mass is 530 g/mol. The second kappa shape index (κ2) is 7.83. The molecule has 2 aromatic rings. The minimum atomic E-state index is -4.69. The number of hydrogen-bond acceptors (Lipinski definition) is 5. The highest BCUT2D eigenvalue weighted by Crippen LogP contribution is 2.49. The second-order valence-electron chi connectivity index (χ2n) is 10.7. The van der Waals surface area contributed by atoms with E-state index in [0.29, 0.717) is 32.4 Å². The Morgan fingerprint density at radius 3 is 2.50 bits per heavy atom. The number of hydrogen-bond donors (Lipinski definition) is 1. The number of rotatable bonds is 3. The molecule has 36 heavy (non-hydrogen) atoms. The van der Waals surface area contributed by atoms with Crippen molar-refractivity contribution in [3.8, 4) is 0 Å². The SMILES string of the molecule is C=C1C[C@@H]2CC[C@H]1[C@@H](C(=O)N1CC3(C1)CN(c1c(C(F)(F)F)cnc4sc(CC(F)(F)F)cc14)C3)N2. The maximum Gasteiger partial charge on any atom is 0.419 e.